The highest BCUT2D eigenvalue weighted by Gasteiger charge is 2.19. The highest BCUT2D eigenvalue weighted by atomic mass is 16.3. The number of amides is 1. The molecule has 4 heteroatoms. The van der Waals surface area contributed by atoms with Crippen molar-refractivity contribution in [2.45, 2.75) is 206 Å². The Kier molecular flexibility index (Phi) is 42.5. The molecule has 0 aliphatic rings. The van der Waals surface area contributed by atoms with Gasteiger partial charge in [0.15, 0.2) is 0 Å². The molecule has 0 heterocycles. The topological polar surface area (TPSA) is 69.6 Å². The van der Waals surface area contributed by atoms with Crippen molar-refractivity contribution >= 4 is 5.91 Å². The lowest BCUT2D eigenvalue weighted by Gasteiger charge is -2.22. The quantitative estimate of drug-likeness (QED) is 0.0433. The van der Waals surface area contributed by atoms with Gasteiger partial charge in [-0.3, -0.25) is 4.79 Å². The van der Waals surface area contributed by atoms with Gasteiger partial charge in [0, 0.05) is 6.42 Å². The van der Waals surface area contributed by atoms with E-state index in [0.29, 0.717) is 12.8 Å². The number of nitrogens with one attached hydrogen (secondary N) is 1. The van der Waals surface area contributed by atoms with Gasteiger partial charge in [-0.1, -0.05) is 207 Å². The van der Waals surface area contributed by atoms with Gasteiger partial charge in [-0.15, -0.1) is 0 Å². The molecule has 54 heavy (non-hydrogen) atoms. The van der Waals surface area contributed by atoms with Crippen LogP contribution in [0.25, 0.3) is 0 Å². The number of allylic oxidation sites excluding steroid dienone is 16. The van der Waals surface area contributed by atoms with Crippen LogP contribution in [0.5, 0.6) is 0 Å². The number of aliphatic hydroxyl groups excluding tert-OH is 2. The first-order valence-electron chi connectivity index (χ1n) is 22.4. The van der Waals surface area contributed by atoms with Gasteiger partial charge in [-0.05, 0) is 77.0 Å². The Labute approximate surface area is 334 Å². The van der Waals surface area contributed by atoms with Crippen LogP contribution in [-0.4, -0.2) is 34.9 Å². The number of hydrogen-bond donors (Lipinski definition) is 3. The number of aliphatic hydroxyl groups is 2. The van der Waals surface area contributed by atoms with E-state index in [0.717, 1.165) is 77.0 Å². The molecule has 0 rings (SSSR count). The lowest BCUT2D eigenvalue weighted by atomic mass is 10.0. The van der Waals surface area contributed by atoms with E-state index in [1.807, 2.05) is 0 Å². The van der Waals surface area contributed by atoms with Crippen molar-refractivity contribution in [3.8, 4) is 0 Å². The smallest absolute Gasteiger partial charge is 0.220 e. The molecule has 0 aromatic rings. The summed E-state index contributed by atoms with van der Waals surface area (Å²) in [7, 11) is 0. The summed E-state index contributed by atoms with van der Waals surface area (Å²) >= 11 is 0. The van der Waals surface area contributed by atoms with E-state index in [1.165, 1.54) is 89.9 Å². The van der Waals surface area contributed by atoms with Gasteiger partial charge in [0.1, 0.15) is 0 Å². The Morgan fingerprint density at radius 2 is 0.815 bits per heavy atom. The van der Waals surface area contributed by atoms with Gasteiger partial charge in [-0.2, -0.15) is 0 Å². The first-order chi connectivity index (χ1) is 26.7. The Bertz CT molecular complexity index is 1030. The number of unbranched alkanes of at least 4 members (excludes halogenated alkanes) is 16. The number of hydrogen-bond acceptors (Lipinski definition) is 3. The largest absolute Gasteiger partial charge is 0.394 e. The summed E-state index contributed by atoms with van der Waals surface area (Å²) in [5.74, 6) is -0.0457. The molecule has 0 aliphatic carbocycles. The summed E-state index contributed by atoms with van der Waals surface area (Å²) in [6, 6.07) is -0.538. The van der Waals surface area contributed by atoms with Crippen molar-refractivity contribution in [2.24, 2.45) is 0 Å². The first kappa shape index (κ1) is 51.3. The summed E-state index contributed by atoms with van der Waals surface area (Å²) in [4.78, 5) is 12.3. The van der Waals surface area contributed by atoms with Crippen LogP contribution in [0.2, 0.25) is 0 Å². The number of carbonyl (C=O) groups excluding carboxylic acids is 1. The normalized spacial score (nSPS) is 13.9. The summed E-state index contributed by atoms with van der Waals surface area (Å²) in [6.45, 7) is 4.15. The minimum absolute atomic E-state index is 0.0457. The molecular formula is C50H85NO3. The van der Waals surface area contributed by atoms with Gasteiger partial charge in [0.05, 0.1) is 18.8 Å². The predicted octanol–water partition coefficient (Wildman–Crippen LogP) is 14.2. The molecule has 0 saturated heterocycles. The summed E-state index contributed by atoms with van der Waals surface area (Å²) in [5.41, 5.74) is 0. The van der Waals surface area contributed by atoms with Gasteiger partial charge >= 0.3 is 0 Å². The molecular weight excluding hydrogens is 663 g/mol. The number of carbonyl (C=O) groups is 1. The molecule has 2 atom stereocenters. The summed E-state index contributed by atoms with van der Waals surface area (Å²) in [6.07, 6.45) is 66.7. The van der Waals surface area contributed by atoms with Crippen molar-refractivity contribution in [1.82, 2.24) is 5.32 Å². The zero-order valence-electron chi connectivity index (χ0n) is 35.2. The maximum absolute atomic E-state index is 12.3. The fourth-order valence-electron chi connectivity index (χ4n) is 6.20. The van der Waals surface area contributed by atoms with Gasteiger partial charge in [0.2, 0.25) is 5.91 Å². The molecule has 0 saturated carbocycles. The molecule has 0 aliphatic heterocycles. The van der Waals surface area contributed by atoms with E-state index in [-0.39, 0.29) is 12.5 Å². The van der Waals surface area contributed by atoms with Crippen molar-refractivity contribution in [1.29, 1.82) is 0 Å². The van der Waals surface area contributed by atoms with E-state index in [1.54, 1.807) is 0 Å². The average molecular weight is 748 g/mol. The SMILES string of the molecule is CC/C=C\C/C=C\C/C=C\C/C=C\C/C=C\C/C=C\C/C=C\C/C=C\CCCCCCCCCCCCCCC(=O)NC(CO)C(O)CCCCCCC. The second kappa shape index (κ2) is 44.7. The van der Waals surface area contributed by atoms with Crippen LogP contribution in [0.4, 0.5) is 0 Å². The zero-order valence-corrected chi connectivity index (χ0v) is 35.2. The van der Waals surface area contributed by atoms with Crippen LogP contribution in [0, 0.1) is 0 Å². The highest BCUT2D eigenvalue weighted by molar-refractivity contribution is 5.76. The van der Waals surface area contributed by atoms with Crippen molar-refractivity contribution in [3.63, 3.8) is 0 Å². The van der Waals surface area contributed by atoms with E-state index in [4.69, 9.17) is 0 Å². The third-order valence-corrected chi connectivity index (χ3v) is 9.61. The lowest BCUT2D eigenvalue weighted by molar-refractivity contribution is -0.123. The highest BCUT2D eigenvalue weighted by Crippen LogP contribution is 2.14. The lowest BCUT2D eigenvalue weighted by Crippen LogP contribution is -2.45. The van der Waals surface area contributed by atoms with Crippen LogP contribution in [-0.2, 0) is 4.79 Å². The molecule has 0 aromatic carbocycles. The fraction of sp³-hybridized carbons (Fsp3) is 0.660. The van der Waals surface area contributed by atoms with Gasteiger partial charge in [-0.25, -0.2) is 0 Å². The third-order valence-electron chi connectivity index (χ3n) is 9.61. The van der Waals surface area contributed by atoms with Crippen LogP contribution in [0.3, 0.4) is 0 Å². The number of rotatable bonds is 39. The fourth-order valence-corrected chi connectivity index (χ4v) is 6.20. The first-order valence-corrected chi connectivity index (χ1v) is 22.4. The molecule has 0 aromatic heterocycles. The second-order valence-electron chi connectivity index (χ2n) is 14.7. The van der Waals surface area contributed by atoms with E-state index in [2.05, 4.69) is 116 Å². The molecule has 1 amide bonds. The van der Waals surface area contributed by atoms with Crippen molar-refractivity contribution < 1.29 is 15.0 Å². The Hall–Kier alpha value is -2.69. The van der Waals surface area contributed by atoms with E-state index in [9.17, 15) is 15.0 Å². The van der Waals surface area contributed by atoms with E-state index >= 15 is 0 Å². The standard InChI is InChI=1S/C50H85NO3/c1-3-5-7-9-10-11-12-13-14-15-16-17-18-19-20-21-22-23-24-25-26-27-28-29-30-31-32-33-34-35-36-37-38-39-40-42-44-46-50(54)51-48(47-52)49(53)45-43-41-8-6-4-2/h5,7,10-11,13-14,16-17,19-20,22-23,25-26,28-29,48-49,52-53H,3-4,6,8-9,12,15,18,21,24,27,30-47H2,1-2H3,(H,51,54)/b7-5-,11-10-,14-13-,17-16-,20-19-,23-22-,26-25-,29-28-. The molecule has 3 N–H and O–H groups in total. The molecule has 0 spiro atoms. The minimum Gasteiger partial charge on any atom is -0.394 e. The molecule has 0 fully saturated rings. The summed E-state index contributed by atoms with van der Waals surface area (Å²) < 4.78 is 0. The minimum atomic E-state index is -0.660. The Balaban J connectivity index is 3.52. The molecule has 2 unspecified atom stereocenters. The van der Waals surface area contributed by atoms with Crippen LogP contribution < -0.4 is 5.32 Å². The average Bonchev–Trinajstić information content (AvgIpc) is 3.18. The maximum Gasteiger partial charge on any atom is 0.220 e. The van der Waals surface area contributed by atoms with E-state index < -0.39 is 12.1 Å². The molecule has 0 radical (unpaired) electrons. The molecule has 4 nitrogen and oxygen atoms in total. The molecule has 0 bridgehead atoms. The molecule has 308 valence electrons. The van der Waals surface area contributed by atoms with Crippen molar-refractivity contribution in [3.05, 3.63) is 97.2 Å². The van der Waals surface area contributed by atoms with Crippen LogP contribution in [0.15, 0.2) is 97.2 Å². The second-order valence-corrected chi connectivity index (χ2v) is 14.7. The van der Waals surface area contributed by atoms with Crippen molar-refractivity contribution in [2.75, 3.05) is 6.61 Å². The summed E-state index contributed by atoms with van der Waals surface area (Å²) in [5, 5.41) is 22.8. The Morgan fingerprint density at radius 1 is 0.463 bits per heavy atom. The maximum atomic E-state index is 12.3. The van der Waals surface area contributed by atoms with Crippen LogP contribution in [0.1, 0.15) is 194 Å². The van der Waals surface area contributed by atoms with Crippen LogP contribution >= 0.6 is 0 Å². The Morgan fingerprint density at radius 3 is 1.22 bits per heavy atom. The van der Waals surface area contributed by atoms with Gasteiger partial charge < -0.3 is 15.5 Å². The monoisotopic (exact) mass is 748 g/mol. The third kappa shape index (κ3) is 40.5. The zero-order chi connectivity index (χ0) is 39.3. The van der Waals surface area contributed by atoms with Gasteiger partial charge in [0.25, 0.3) is 0 Å². The predicted molar refractivity (Wildman–Crippen MR) is 239 cm³/mol.